The van der Waals surface area contributed by atoms with Gasteiger partial charge in [-0.1, -0.05) is 12.2 Å². The van der Waals surface area contributed by atoms with Crippen LogP contribution in [0.1, 0.15) is 24.2 Å². The van der Waals surface area contributed by atoms with Crippen molar-refractivity contribution in [3.05, 3.63) is 49.1 Å². The quantitative estimate of drug-likeness (QED) is 0.399. The van der Waals surface area contributed by atoms with Gasteiger partial charge in [0.2, 0.25) is 0 Å². The van der Waals surface area contributed by atoms with E-state index in [0.29, 0.717) is 43.4 Å². The van der Waals surface area contributed by atoms with E-state index in [-0.39, 0.29) is 12.5 Å². The summed E-state index contributed by atoms with van der Waals surface area (Å²) < 4.78 is 15.9. The average Bonchev–Trinajstić information content (AvgIpc) is 2.71. The number of hydrogen-bond acceptors (Lipinski definition) is 6. The van der Waals surface area contributed by atoms with Crippen molar-refractivity contribution in [3.63, 3.8) is 0 Å². The van der Waals surface area contributed by atoms with Gasteiger partial charge in [0, 0.05) is 18.7 Å². The summed E-state index contributed by atoms with van der Waals surface area (Å²) >= 11 is 0. The predicted molar refractivity (Wildman–Crippen MR) is 109 cm³/mol. The molecule has 8 heteroatoms. The lowest BCUT2D eigenvalue weighted by atomic mass is 10.2. The summed E-state index contributed by atoms with van der Waals surface area (Å²) in [6, 6.07) is 4.75. The largest absolute Gasteiger partial charge is 0.490 e. The lowest BCUT2D eigenvalue weighted by Gasteiger charge is -2.19. The van der Waals surface area contributed by atoms with Crippen LogP contribution in [-0.4, -0.2) is 62.1 Å². The number of amides is 2. The number of rotatable bonds is 13. The number of hydrogen-bond donors (Lipinski definition) is 1. The highest BCUT2D eigenvalue weighted by Gasteiger charge is 2.16. The zero-order valence-electron chi connectivity index (χ0n) is 16.9. The molecule has 0 aromatic heterocycles. The smallest absolute Gasteiger partial charge is 0.325 e. The topological polar surface area (TPSA) is 94.2 Å². The zero-order valence-corrected chi connectivity index (χ0v) is 16.9. The fraction of sp³-hybridized carbons (Fsp3) is 0.381. The third-order valence-electron chi connectivity index (χ3n) is 3.61. The Labute approximate surface area is 171 Å². The Hall–Kier alpha value is -3.29. The van der Waals surface area contributed by atoms with Gasteiger partial charge in [0.05, 0.1) is 13.2 Å². The van der Waals surface area contributed by atoms with Crippen LogP contribution in [0.3, 0.4) is 0 Å². The molecule has 0 bridgehead atoms. The molecule has 0 saturated carbocycles. The first-order valence-corrected chi connectivity index (χ1v) is 9.29. The van der Waals surface area contributed by atoms with Gasteiger partial charge in [-0.15, -0.1) is 13.2 Å². The van der Waals surface area contributed by atoms with Gasteiger partial charge in [-0.05, 0) is 32.0 Å². The summed E-state index contributed by atoms with van der Waals surface area (Å²) in [5, 5.41) is 2.46. The molecule has 0 unspecified atom stereocenters. The Kier molecular flexibility index (Phi) is 10.6. The van der Waals surface area contributed by atoms with Gasteiger partial charge in [0.25, 0.3) is 11.8 Å². The maximum Gasteiger partial charge on any atom is 0.325 e. The molecule has 0 saturated heterocycles. The Morgan fingerprint density at radius 2 is 1.66 bits per heavy atom. The molecule has 0 aliphatic heterocycles. The van der Waals surface area contributed by atoms with Crippen LogP contribution in [0.2, 0.25) is 0 Å². The van der Waals surface area contributed by atoms with E-state index >= 15 is 0 Å². The van der Waals surface area contributed by atoms with Crippen LogP contribution in [0.5, 0.6) is 11.5 Å². The van der Waals surface area contributed by atoms with Crippen molar-refractivity contribution in [2.24, 2.45) is 0 Å². The van der Waals surface area contributed by atoms with Gasteiger partial charge in [0.1, 0.15) is 6.54 Å². The lowest BCUT2D eigenvalue weighted by molar-refractivity contribution is -0.150. The third-order valence-corrected chi connectivity index (χ3v) is 3.61. The highest BCUT2D eigenvalue weighted by atomic mass is 16.5. The molecular weight excluding hydrogens is 376 g/mol. The number of nitrogens with zero attached hydrogens (tertiary/aromatic N) is 1. The second-order valence-electron chi connectivity index (χ2n) is 5.75. The number of benzene rings is 1. The number of nitrogens with one attached hydrogen (secondary N) is 1. The number of esters is 1. The Morgan fingerprint density at radius 3 is 2.24 bits per heavy atom. The standard InChI is InChI=1S/C21H28N2O6/c1-5-11-23(12-6-2)19(24)15-29-20(25)14-22-21(26)16-9-10-17(27-7-3)18(13-16)28-8-4/h5-6,9-10,13H,1-2,7-8,11-12,14-15H2,3-4H3,(H,22,26). The minimum Gasteiger partial charge on any atom is -0.490 e. The normalized spacial score (nSPS) is 9.86. The summed E-state index contributed by atoms with van der Waals surface area (Å²) in [6.07, 6.45) is 3.13. The van der Waals surface area contributed by atoms with Gasteiger partial charge in [0.15, 0.2) is 18.1 Å². The van der Waals surface area contributed by atoms with Gasteiger partial charge in [-0.3, -0.25) is 14.4 Å². The molecule has 0 fully saturated rings. The van der Waals surface area contributed by atoms with Gasteiger partial charge in [-0.25, -0.2) is 0 Å². The van der Waals surface area contributed by atoms with Crippen LogP contribution in [0, 0.1) is 0 Å². The molecule has 1 rings (SSSR count). The molecule has 1 aromatic rings. The van der Waals surface area contributed by atoms with Gasteiger partial charge < -0.3 is 24.4 Å². The highest BCUT2D eigenvalue weighted by Crippen LogP contribution is 2.28. The first-order chi connectivity index (χ1) is 14.0. The molecule has 2 amide bonds. The molecule has 29 heavy (non-hydrogen) atoms. The van der Waals surface area contributed by atoms with E-state index in [9.17, 15) is 14.4 Å². The number of carbonyl (C=O) groups excluding carboxylic acids is 3. The van der Waals surface area contributed by atoms with Crippen molar-refractivity contribution in [1.29, 1.82) is 0 Å². The van der Waals surface area contributed by atoms with Gasteiger partial charge in [-0.2, -0.15) is 0 Å². The lowest BCUT2D eigenvalue weighted by Crippen LogP contribution is -2.37. The van der Waals surface area contributed by atoms with Crippen LogP contribution in [0.4, 0.5) is 0 Å². The van der Waals surface area contributed by atoms with Crippen molar-refractivity contribution in [1.82, 2.24) is 10.2 Å². The Balaban J connectivity index is 2.57. The average molecular weight is 404 g/mol. The Bertz CT molecular complexity index is 722. The van der Waals surface area contributed by atoms with E-state index in [1.54, 1.807) is 30.4 Å². The Morgan fingerprint density at radius 1 is 1.03 bits per heavy atom. The monoisotopic (exact) mass is 404 g/mol. The molecule has 0 aliphatic rings. The molecule has 0 atom stereocenters. The summed E-state index contributed by atoms with van der Waals surface area (Å²) in [5.41, 5.74) is 0.309. The van der Waals surface area contributed by atoms with Crippen molar-refractivity contribution < 1.29 is 28.6 Å². The van der Waals surface area contributed by atoms with E-state index in [2.05, 4.69) is 18.5 Å². The second kappa shape index (κ2) is 13.0. The maximum absolute atomic E-state index is 12.3. The summed E-state index contributed by atoms with van der Waals surface area (Å²) in [6.45, 7) is 11.5. The fourth-order valence-electron chi connectivity index (χ4n) is 2.32. The summed E-state index contributed by atoms with van der Waals surface area (Å²) in [5.74, 6) is -0.596. The molecular formula is C21H28N2O6. The van der Waals surface area contributed by atoms with E-state index < -0.39 is 18.5 Å². The van der Waals surface area contributed by atoms with Crippen molar-refractivity contribution in [2.45, 2.75) is 13.8 Å². The summed E-state index contributed by atoms with van der Waals surface area (Å²) in [7, 11) is 0. The number of carbonyl (C=O) groups is 3. The van der Waals surface area contributed by atoms with Crippen LogP contribution < -0.4 is 14.8 Å². The predicted octanol–water partition coefficient (Wildman–Crippen LogP) is 1.96. The van der Waals surface area contributed by atoms with E-state index in [4.69, 9.17) is 14.2 Å². The van der Waals surface area contributed by atoms with E-state index in [1.807, 2.05) is 13.8 Å². The maximum atomic E-state index is 12.3. The first kappa shape index (κ1) is 23.7. The fourth-order valence-corrected chi connectivity index (χ4v) is 2.32. The minimum absolute atomic E-state index is 0.309. The molecule has 1 aromatic carbocycles. The molecule has 0 spiro atoms. The molecule has 0 heterocycles. The van der Waals surface area contributed by atoms with Gasteiger partial charge >= 0.3 is 5.97 Å². The van der Waals surface area contributed by atoms with Crippen LogP contribution in [-0.2, 0) is 14.3 Å². The molecule has 0 radical (unpaired) electrons. The third kappa shape index (κ3) is 8.08. The zero-order chi connectivity index (χ0) is 21.6. The van der Waals surface area contributed by atoms with E-state index in [1.165, 1.54) is 4.90 Å². The number of ether oxygens (including phenoxy) is 3. The highest BCUT2D eigenvalue weighted by molar-refractivity contribution is 5.96. The van der Waals surface area contributed by atoms with Crippen molar-refractivity contribution >= 4 is 17.8 Å². The molecule has 0 aliphatic carbocycles. The first-order valence-electron chi connectivity index (χ1n) is 9.29. The van der Waals surface area contributed by atoms with Crippen molar-refractivity contribution in [2.75, 3.05) is 39.5 Å². The SMILES string of the molecule is C=CCN(CC=C)C(=O)COC(=O)CNC(=O)c1ccc(OCC)c(OCC)c1. The minimum atomic E-state index is -0.722. The van der Waals surface area contributed by atoms with Crippen LogP contribution in [0.15, 0.2) is 43.5 Å². The van der Waals surface area contributed by atoms with E-state index in [0.717, 1.165) is 0 Å². The van der Waals surface area contributed by atoms with Crippen LogP contribution in [0.25, 0.3) is 0 Å². The second-order valence-corrected chi connectivity index (χ2v) is 5.75. The van der Waals surface area contributed by atoms with Crippen molar-refractivity contribution in [3.8, 4) is 11.5 Å². The molecule has 8 nitrogen and oxygen atoms in total. The molecule has 1 N–H and O–H groups in total. The van der Waals surface area contributed by atoms with Crippen LogP contribution >= 0.6 is 0 Å². The summed E-state index contributed by atoms with van der Waals surface area (Å²) in [4.78, 5) is 37.6. The molecule has 158 valence electrons.